The van der Waals surface area contributed by atoms with Gasteiger partial charge in [0.2, 0.25) is 5.89 Å². The predicted molar refractivity (Wildman–Crippen MR) is 167 cm³/mol. The van der Waals surface area contributed by atoms with Crippen LogP contribution in [0.4, 0.5) is 9.59 Å². The van der Waals surface area contributed by atoms with Gasteiger partial charge in [0.15, 0.2) is 5.82 Å². The van der Waals surface area contributed by atoms with Crippen molar-refractivity contribution in [3.05, 3.63) is 71.4 Å². The molecule has 1 heterocycles. The number of ether oxygens (including phenoxy) is 3. The Morgan fingerprint density at radius 3 is 2.13 bits per heavy atom. The van der Waals surface area contributed by atoms with Gasteiger partial charge in [-0.05, 0) is 76.6 Å². The van der Waals surface area contributed by atoms with Crippen molar-refractivity contribution in [1.29, 1.82) is 0 Å². The summed E-state index contributed by atoms with van der Waals surface area (Å²) in [6.45, 7) is 11.1. The molecule has 0 saturated heterocycles. The molecule has 3 aromatic rings. The van der Waals surface area contributed by atoms with Crippen molar-refractivity contribution in [3.8, 4) is 11.1 Å². The van der Waals surface area contributed by atoms with Crippen LogP contribution in [0.5, 0.6) is 0 Å². The molecule has 12 heteroatoms. The number of carboxylic acids is 1. The largest absolute Gasteiger partial charge is 0.481 e. The first kappa shape index (κ1) is 32.9. The Balaban J connectivity index is 1.23. The monoisotopic (exact) mass is 634 g/mol. The van der Waals surface area contributed by atoms with Crippen LogP contribution in [0.15, 0.2) is 53.1 Å². The fourth-order valence-corrected chi connectivity index (χ4v) is 6.03. The molecule has 5 rings (SSSR count). The smallest absolute Gasteiger partial charge is 0.408 e. The van der Waals surface area contributed by atoms with Gasteiger partial charge in [-0.25, -0.2) is 9.59 Å². The van der Waals surface area contributed by atoms with Gasteiger partial charge in [0.25, 0.3) is 0 Å². The first-order valence-corrected chi connectivity index (χ1v) is 15.4. The zero-order valence-corrected chi connectivity index (χ0v) is 27.1. The van der Waals surface area contributed by atoms with Crippen LogP contribution in [-0.2, 0) is 24.4 Å². The minimum Gasteiger partial charge on any atom is -0.481 e. The highest BCUT2D eigenvalue weighted by Gasteiger charge is 2.52. The second kappa shape index (κ2) is 12.7. The summed E-state index contributed by atoms with van der Waals surface area (Å²) in [6.07, 6.45) is -1.03. The Bertz CT molecular complexity index is 1540. The second-order valence-corrected chi connectivity index (χ2v) is 14.0. The van der Waals surface area contributed by atoms with Crippen LogP contribution in [0.2, 0.25) is 0 Å². The Morgan fingerprint density at radius 2 is 1.57 bits per heavy atom. The van der Waals surface area contributed by atoms with E-state index in [9.17, 15) is 19.5 Å². The molecule has 2 aliphatic rings. The number of benzene rings is 2. The summed E-state index contributed by atoms with van der Waals surface area (Å²) < 4.78 is 22.6. The molecule has 1 fully saturated rings. The number of amides is 2. The maximum atomic E-state index is 12.9. The van der Waals surface area contributed by atoms with E-state index in [1.807, 2.05) is 45.0 Å². The summed E-state index contributed by atoms with van der Waals surface area (Å²) in [5.41, 5.74) is 2.25. The zero-order chi connectivity index (χ0) is 33.3. The molecular weight excluding hydrogens is 592 g/mol. The number of carbonyl (C=O) groups is 3. The van der Waals surface area contributed by atoms with E-state index in [2.05, 4.69) is 45.0 Å². The molecule has 246 valence electrons. The summed E-state index contributed by atoms with van der Waals surface area (Å²) in [5.74, 6) is -0.879. The summed E-state index contributed by atoms with van der Waals surface area (Å²) in [6, 6.07) is 15.0. The number of aliphatic carboxylic acids is 1. The van der Waals surface area contributed by atoms with Crippen LogP contribution >= 0.6 is 0 Å². The van der Waals surface area contributed by atoms with Crippen LogP contribution in [0.25, 0.3) is 11.1 Å². The lowest BCUT2D eigenvalue weighted by Gasteiger charge is -2.44. The number of rotatable bonds is 10. The van der Waals surface area contributed by atoms with Crippen molar-refractivity contribution in [3.63, 3.8) is 0 Å². The third kappa shape index (κ3) is 7.67. The molecule has 0 radical (unpaired) electrons. The lowest BCUT2D eigenvalue weighted by Crippen LogP contribution is -2.54. The average Bonchev–Trinajstić information content (AvgIpc) is 3.55. The lowest BCUT2D eigenvalue weighted by atomic mass is 9.63. The van der Waals surface area contributed by atoms with Crippen LogP contribution in [0, 0.1) is 0 Å². The number of alkyl carbamates (subject to hydrolysis) is 2. The number of nitrogens with one attached hydrogen (secondary N) is 2. The molecule has 0 spiro atoms. The van der Waals surface area contributed by atoms with Gasteiger partial charge < -0.3 is 34.5 Å². The van der Waals surface area contributed by atoms with Crippen LogP contribution in [-0.4, -0.2) is 63.9 Å². The van der Waals surface area contributed by atoms with E-state index >= 15 is 0 Å². The molecule has 0 bridgehead atoms. The van der Waals surface area contributed by atoms with Gasteiger partial charge in [-0.15, -0.1) is 0 Å². The summed E-state index contributed by atoms with van der Waals surface area (Å²) >= 11 is 0. The van der Waals surface area contributed by atoms with Gasteiger partial charge in [-0.1, -0.05) is 53.7 Å². The third-order valence-corrected chi connectivity index (χ3v) is 8.01. The maximum absolute atomic E-state index is 12.9. The quantitative estimate of drug-likeness (QED) is 0.246. The molecule has 12 nitrogen and oxygen atoms in total. The fraction of sp³-hybridized carbons (Fsp3) is 0.500. The molecule has 0 aliphatic heterocycles. The van der Waals surface area contributed by atoms with Crippen molar-refractivity contribution < 1.29 is 38.2 Å². The Labute approximate surface area is 268 Å². The van der Waals surface area contributed by atoms with E-state index in [1.54, 1.807) is 20.8 Å². The van der Waals surface area contributed by atoms with Crippen molar-refractivity contribution in [2.45, 2.75) is 95.4 Å². The molecular formula is C34H42N4O8. The lowest BCUT2D eigenvalue weighted by molar-refractivity contribution is -0.140. The third-order valence-electron chi connectivity index (χ3n) is 8.01. The number of fused-ring (bicyclic) bond motifs is 3. The summed E-state index contributed by atoms with van der Waals surface area (Å²) in [5, 5.41) is 19.4. The molecule has 2 amide bonds. The number of hydrogen-bond donors (Lipinski definition) is 3. The van der Waals surface area contributed by atoms with Gasteiger partial charge in [-0.2, -0.15) is 4.98 Å². The van der Waals surface area contributed by atoms with E-state index in [0.717, 1.165) is 22.3 Å². The Hall–Kier alpha value is -4.45. The molecule has 3 N–H and O–H groups in total. The highest BCUT2D eigenvalue weighted by Crippen LogP contribution is 2.47. The normalized spacial score (nSPS) is 19.7. The first-order valence-electron chi connectivity index (χ1n) is 15.4. The van der Waals surface area contributed by atoms with Crippen molar-refractivity contribution in [2.75, 3.05) is 13.2 Å². The molecule has 1 aromatic heterocycles. The van der Waals surface area contributed by atoms with Crippen molar-refractivity contribution >= 4 is 18.2 Å². The molecule has 0 unspecified atom stereocenters. The molecule has 2 aromatic carbocycles. The topological polar surface area (TPSA) is 162 Å². The van der Waals surface area contributed by atoms with Crippen molar-refractivity contribution in [1.82, 2.24) is 20.8 Å². The molecule has 1 saturated carbocycles. The minimum absolute atomic E-state index is 0.0274. The molecule has 46 heavy (non-hydrogen) atoms. The second-order valence-electron chi connectivity index (χ2n) is 14.0. The number of nitrogens with zero attached hydrogens (tertiary/aromatic N) is 2. The average molecular weight is 635 g/mol. The fourth-order valence-electron chi connectivity index (χ4n) is 6.03. The van der Waals surface area contributed by atoms with Gasteiger partial charge >= 0.3 is 18.2 Å². The number of aromatic nitrogens is 2. The Kier molecular flexibility index (Phi) is 9.12. The summed E-state index contributed by atoms with van der Waals surface area (Å²) in [4.78, 5) is 41.9. The van der Waals surface area contributed by atoms with Crippen molar-refractivity contribution in [2.24, 2.45) is 0 Å². The van der Waals surface area contributed by atoms with Crippen LogP contribution < -0.4 is 10.6 Å². The van der Waals surface area contributed by atoms with E-state index in [0.29, 0.717) is 0 Å². The first-order chi connectivity index (χ1) is 21.6. The number of carboxylic acid groups (broad SMARTS) is 1. The van der Waals surface area contributed by atoms with Gasteiger partial charge in [0.1, 0.15) is 18.2 Å². The number of hydrogen-bond acceptors (Lipinski definition) is 9. The van der Waals surface area contributed by atoms with E-state index in [1.165, 1.54) is 0 Å². The molecule has 2 aliphatic carbocycles. The predicted octanol–water partition coefficient (Wildman–Crippen LogP) is 5.86. The van der Waals surface area contributed by atoms with E-state index in [4.69, 9.17) is 18.7 Å². The SMILES string of the molecule is CC(C)(C)OC[C@H](NC(=O)OC(C)(C)C)c1noc(C2(CC(=O)O)CC(NC(=O)OCC3c4ccccc4-c4ccccc43)C2)n1. The Morgan fingerprint density at radius 1 is 0.957 bits per heavy atom. The van der Waals surface area contributed by atoms with Crippen LogP contribution in [0.1, 0.15) is 95.6 Å². The van der Waals surface area contributed by atoms with E-state index in [-0.39, 0.29) is 56.2 Å². The van der Waals surface area contributed by atoms with Gasteiger partial charge in [0.05, 0.1) is 24.0 Å². The zero-order valence-electron chi connectivity index (χ0n) is 27.1. The van der Waals surface area contributed by atoms with Crippen LogP contribution in [0.3, 0.4) is 0 Å². The minimum atomic E-state index is -1.04. The standard InChI is InChI=1S/C34H42N4O8/c1-32(2,3)44-19-26(36-31(42)45-33(4,5)6)28-37-29(46-38-28)34(17-27(39)40)15-20(16-34)35-30(41)43-18-25-23-13-9-7-11-21(23)22-12-8-10-14-24(22)25/h7-14,20,25-26H,15-19H2,1-6H3,(H,35,41)(H,36,42)(H,39,40)/t20?,26-,34?/m0/s1. The van der Waals surface area contributed by atoms with Gasteiger partial charge in [0, 0.05) is 12.0 Å². The number of carbonyl (C=O) groups excluding carboxylic acids is 2. The van der Waals surface area contributed by atoms with E-state index < -0.39 is 40.8 Å². The summed E-state index contributed by atoms with van der Waals surface area (Å²) in [7, 11) is 0. The highest BCUT2D eigenvalue weighted by molar-refractivity contribution is 5.79. The maximum Gasteiger partial charge on any atom is 0.408 e. The van der Waals surface area contributed by atoms with Gasteiger partial charge in [-0.3, -0.25) is 4.79 Å². The highest BCUT2D eigenvalue weighted by atomic mass is 16.6. The molecule has 1 atom stereocenters.